The van der Waals surface area contributed by atoms with E-state index in [1.54, 1.807) is 35.2 Å². The van der Waals surface area contributed by atoms with Crippen LogP contribution in [-0.4, -0.2) is 97.9 Å². The lowest BCUT2D eigenvalue weighted by molar-refractivity contribution is -0.140. The zero-order chi connectivity index (χ0) is 32.8. The van der Waals surface area contributed by atoms with E-state index in [2.05, 4.69) is 10.1 Å². The molecule has 0 aromatic heterocycles. The van der Waals surface area contributed by atoms with Crippen LogP contribution in [0.25, 0.3) is 10.8 Å². The summed E-state index contributed by atoms with van der Waals surface area (Å²) in [6, 6.07) is 18.2. The molecule has 1 fully saturated rings. The average Bonchev–Trinajstić information content (AvgIpc) is 3.45. The minimum absolute atomic E-state index is 0.000867. The molecule has 4 amide bonds. The smallest absolute Gasteiger partial charge is 0.307 e. The molecule has 0 unspecified atom stereocenters. The predicted octanol–water partition coefficient (Wildman–Crippen LogP) is 2.09. The highest BCUT2D eigenvalue weighted by atomic mass is 16.5. The molecule has 3 aliphatic rings. The third kappa shape index (κ3) is 7.45. The van der Waals surface area contributed by atoms with E-state index in [0.717, 1.165) is 10.8 Å². The number of carbonyl (C=O) groups excluding carboxylic acids is 5. The number of nitrogens with two attached hydrogens (primary N) is 1. The third-order valence-electron chi connectivity index (χ3n) is 8.53. The molecule has 2 bridgehead atoms. The van der Waals surface area contributed by atoms with Crippen LogP contribution in [0.2, 0.25) is 0 Å². The highest BCUT2D eigenvalue weighted by molar-refractivity contribution is 6.01. The predicted molar refractivity (Wildman–Crippen MR) is 171 cm³/mol. The van der Waals surface area contributed by atoms with Gasteiger partial charge in [0.25, 0.3) is 5.91 Å². The number of benzene rings is 3. The zero-order valence-corrected chi connectivity index (χ0v) is 26.0. The topological polar surface area (TPSA) is 152 Å². The number of amides is 4. The molecule has 3 aliphatic heterocycles. The lowest BCUT2D eigenvalue weighted by Gasteiger charge is -2.30. The Labute approximate surface area is 267 Å². The first-order chi connectivity index (χ1) is 22.1. The molecular weight excluding hydrogens is 590 g/mol. The van der Waals surface area contributed by atoms with E-state index < -0.39 is 23.8 Å². The Kier molecular flexibility index (Phi) is 10.2. The molecule has 0 saturated carbocycles. The van der Waals surface area contributed by atoms with Gasteiger partial charge in [0.2, 0.25) is 17.7 Å². The Balaban J connectivity index is 1.48. The fraction of sp³-hybridized carbons (Fsp3) is 0.382. The normalized spacial score (nSPS) is 21.2. The van der Waals surface area contributed by atoms with Gasteiger partial charge in [0.1, 0.15) is 24.9 Å². The minimum Gasteiger partial charge on any atom is -0.491 e. The molecule has 12 nitrogen and oxygen atoms in total. The van der Waals surface area contributed by atoms with Crippen molar-refractivity contribution in [1.82, 2.24) is 15.1 Å². The van der Waals surface area contributed by atoms with Gasteiger partial charge in [0.15, 0.2) is 0 Å². The van der Waals surface area contributed by atoms with Gasteiger partial charge in [-0.3, -0.25) is 24.0 Å². The summed E-state index contributed by atoms with van der Waals surface area (Å²) in [7, 11) is 2.75. The highest BCUT2D eigenvalue weighted by Crippen LogP contribution is 2.26. The van der Waals surface area contributed by atoms with Crippen molar-refractivity contribution < 1.29 is 33.4 Å². The summed E-state index contributed by atoms with van der Waals surface area (Å²) in [5, 5.41) is 4.57. The van der Waals surface area contributed by atoms with Gasteiger partial charge in [-0.25, -0.2) is 0 Å². The number of methoxy groups -OCH3 is 1. The van der Waals surface area contributed by atoms with Crippen LogP contribution in [-0.2, 0) is 23.9 Å². The number of nitrogens with one attached hydrogen (secondary N) is 1. The van der Waals surface area contributed by atoms with E-state index in [9.17, 15) is 24.0 Å². The number of hydrogen-bond acceptors (Lipinski definition) is 8. The SMILES string of the molecule is COC(=O)CCNC(=O)[C@@H]1CCC(=O)N(c2ccc3ccccc3c2)CC(=O)N2C[C@H](N)C[C@H]2COc2ccc(cc2)C(=O)N1C. The van der Waals surface area contributed by atoms with Crippen LogP contribution >= 0.6 is 0 Å². The molecule has 3 N–H and O–H groups in total. The number of anilines is 1. The Morgan fingerprint density at radius 2 is 1.74 bits per heavy atom. The fourth-order valence-corrected chi connectivity index (χ4v) is 5.95. The van der Waals surface area contributed by atoms with Crippen LogP contribution in [0.4, 0.5) is 5.69 Å². The van der Waals surface area contributed by atoms with Crippen molar-refractivity contribution in [2.45, 2.75) is 43.8 Å². The van der Waals surface area contributed by atoms with Crippen molar-refractivity contribution in [2.24, 2.45) is 5.73 Å². The van der Waals surface area contributed by atoms with Gasteiger partial charge in [-0.1, -0.05) is 30.3 Å². The Hall–Kier alpha value is -4.97. The summed E-state index contributed by atoms with van der Waals surface area (Å²) in [6.07, 6.45) is 0.329. The molecule has 3 atom stereocenters. The lowest BCUT2D eigenvalue weighted by atomic mass is 10.1. The zero-order valence-electron chi connectivity index (χ0n) is 26.0. The molecule has 0 spiro atoms. The molecule has 3 aromatic carbocycles. The van der Waals surface area contributed by atoms with Gasteiger partial charge >= 0.3 is 5.97 Å². The molecule has 1 saturated heterocycles. The molecule has 3 aromatic rings. The summed E-state index contributed by atoms with van der Waals surface area (Å²) in [5.74, 6) is -1.58. The van der Waals surface area contributed by atoms with Gasteiger partial charge < -0.3 is 35.2 Å². The molecular formula is C34H39N5O7. The third-order valence-corrected chi connectivity index (χ3v) is 8.53. The Morgan fingerprint density at radius 3 is 2.48 bits per heavy atom. The summed E-state index contributed by atoms with van der Waals surface area (Å²) in [5.41, 5.74) is 7.14. The molecule has 0 aliphatic carbocycles. The van der Waals surface area contributed by atoms with Crippen LogP contribution in [0.3, 0.4) is 0 Å². The van der Waals surface area contributed by atoms with Crippen molar-refractivity contribution in [3.05, 3.63) is 72.3 Å². The lowest BCUT2D eigenvalue weighted by Crippen LogP contribution is -2.49. The van der Waals surface area contributed by atoms with Gasteiger partial charge in [-0.15, -0.1) is 0 Å². The van der Waals surface area contributed by atoms with Crippen molar-refractivity contribution in [1.29, 1.82) is 0 Å². The van der Waals surface area contributed by atoms with Crippen molar-refractivity contribution in [3.8, 4) is 5.75 Å². The van der Waals surface area contributed by atoms with Crippen LogP contribution in [0.1, 0.15) is 36.0 Å². The first-order valence-corrected chi connectivity index (χ1v) is 15.3. The first kappa shape index (κ1) is 32.4. The Bertz CT molecular complexity index is 1610. The van der Waals surface area contributed by atoms with Gasteiger partial charge in [0, 0.05) is 43.9 Å². The maximum absolute atomic E-state index is 14.0. The van der Waals surface area contributed by atoms with Crippen LogP contribution in [0.15, 0.2) is 66.7 Å². The summed E-state index contributed by atoms with van der Waals surface area (Å²) in [4.78, 5) is 70.8. The van der Waals surface area contributed by atoms with Crippen LogP contribution < -0.4 is 20.7 Å². The molecule has 0 radical (unpaired) electrons. The van der Waals surface area contributed by atoms with E-state index in [1.807, 2.05) is 36.4 Å². The standard InChI is InChI=1S/C34H39N5O7/c1-37-29(33(43)36-16-15-32(42)45-2)13-14-30(40)39(26-10-7-22-5-3-4-6-24(22)17-26)20-31(41)38-19-25(35)18-27(38)21-46-28-11-8-23(9-12-28)34(37)44/h3-12,17,25,27,29H,13-16,18-21,35H2,1-2H3,(H,36,43)/t25-,27+,29+/m1/s1. The molecule has 6 rings (SSSR count). The van der Waals surface area contributed by atoms with Gasteiger partial charge in [0.05, 0.1) is 19.6 Å². The van der Waals surface area contributed by atoms with Crippen molar-refractivity contribution >= 4 is 46.1 Å². The van der Waals surface area contributed by atoms with E-state index in [4.69, 9.17) is 10.5 Å². The second-order valence-electron chi connectivity index (χ2n) is 11.6. The van der Waals surface area contributed by atoms with E-state index in [1.165, 1.54) is 24.0 Å². The summed E-state index contributed by atoms with van der Waals surface area (Å²) >= 11 is 0. The maximum atomic E-state index is 14.0. The van der Waals surface area contributed by atoms with Crippen molar-refractivity contribution in [3.63, 3.8) is 0 Å². The average molecular weight is 630 g/mol. The second-order valence-corrected chi connectivity index (χ2v) is 11.6. The largest absolute Gasteiger partial charge is 0.491 e. The fourth-order valence-electron chi connectivity index (χ4n) is 5.95. The molecule has 3 heterocycles. The molecule has 12 heteroatoms. The Morgan fingerprint density at radius 1 is 1.00 bits per heavy atom. The van der Waals surface area contributed by atoms with Crippen LogP contribution in [0, 0.1) is 0 Å². The van der Waals surface area contributed by atoms with E-state index in [0.29, 0.717) is 30.0 Å². The molecule has 242 valence electrons. The number of likely N-dealkylation sites (N-methyl/N-ethyl adjacent to an activating group) is 1. The van der Waals surface area contributed by atoms with Gasteiger partial charge in [-0.05, 0) is 60.0 Å². The number of fused-ring (bicyclic) bond motifs is 12. The van der Waals surface area contributed by atoms with E-state index in [-0.39, 0.29) is 62.9 Å². The number of carbonyl (C=O) groups is 5. The van der Waals surface area contributed by atoms with Gasteiger partial charge in [-0.2, -0.15) is 0 Å². The summed E-state index contributed by atoms with van der Waals surface area (Å²) < 4.78 is 10.7. The maximum Gasteiger partial charge on any atom is 0.307 e. The number of hydrogen-bond donors (Lipinski definition) is 2. The first-order valence-electron chi connectivity index (χ1n) is 15.3. The molecule has 46 heavy (non-hydrogen) atoms. The summed E-state index contributed by atoms with van der Waals surface area (Å²) in [6.45, 7) is 0.295. The van der Waals surface area contributed by atoms with E-state index >= 15 is 0 Å². The number of rotatable bonds is 5. The highest BCUT2D eigenvalue weighted by Gasteiger charge is 2.36. The monoisotopic (exact) mass is 629 g/mol. The number of esters is 1. The quantitative estimate of drug-likeness (QED) is 0.407. The number of nitrogens with zero attached hydrogens (tertiary/aromatic N) is 3. The second kappa shape index (κ2) is 14.4. The number of ether oxygens (including phenoxy) is 2. The van der Waals surface area contributed by atoms with Crippen molar-refractivity contribution in [2.75, 3.05) is 45.3 Å². The van der Waals surface area contributed by atoms with Crippen LogP contribution in [0.5, 0.6) is 5.75 Å². The minimum atomic E-state index is -1.05.